The van der Waals surface area contributed by atoms with E-state index in [-0.39, 0.29) is 0 Å². The molecule has 4 nitrogen and oxygen atoms in total. The van der Waals surface area contributed by atoms with Crippen molar-refractivity contribution < 1.29 is 19.8 Å². The molecule has 2 aliphatic rings. The summed E-state index contributed by atoms with van der Waals surface area (Å²) in [5.41, 5.74) is 2.53. The molecule has 6 rings (SSSR count). The fraction of sp³-hybridized carbons (Fsp3) is 0.478. The van der Waals surface area contributed by atoms with Gasteiger partial charge in [0.25, 0.3) is 0 Å². The first-order chi connectivity index (χ1) is 27.3. The minimum absolute atomic E-state index is 0.359. The molecule has 0 aliphatic carbocycles. The van der Waals surface area contributed by atoms with E-state index in [4.69, 9.17) is 0 Å². The second-order valence-electron chi connectivity index (χ2n) is 15.0. The summed E-state index contributed by atoms with van der Waals surface area (Å²) in [5, 5.41) is 21.5. The van der Waals surface area contributed by atoms with E-state index in [0.29, 0.717) is 4.88 Å². The first-order valence-corrected chi connectivity index (χ1v) is 25.7. The monoisotopic (exact) mass is 864 g/mol. The Hall–Kier alpha value is -2.34. The average molecular weight is 865 g/mol. The van der Waals surface area contributed by atoms with Gasteiger partial charge in [-0.25, -0.2) is 4.79 Å². The van der Waals surface area contributed by atoms with Crippen LogP contribution in [-0.2, 0) is 16.0 Å². The van der Waals surface area contributed by atoms with Crippen molar-refractivity contribution in [2.75, 3.05) is 0 Å². The van der Waals surface area contributed by atoms with Crippen molar-refractivity contribution >= 4 is 80.8 Å². The van der Waals surface area contributed by atoms with E-state index < -0.39 is 21.9 Å². The molecule has 4 aromatic heterocycles. The average Bonchev–Trinajstić information content (AvgIpc) is 4.04. The molecule has 0 bridgehead atoms. The van der Waals surface area contributed by atoms with Crippen LogP contribution in [0.2, 0.25) is 0 Å². The summed E-state index contributed by atoms with van der Waals surface area (Å²) in [6.45, 7) is 4.52. The summed E-state index contributed by atoms with van der Waals surface area (Å²) < 4.78 is -0.473. The molecular weight excluding hydrogens is 809 g/mol. The van der Waals surface area contributed by atoms with E-state index in [1.54, 1.807) is 28.7 Å². The molecular formula is C46H56O4S6. The molecule has 6 heterocycles. The van der Waals surface area contributed by atoms with Crippen LogP contribution in [0.3, 0.4) is 0 Å². The number of rotatable bonds is 24. The molecule has 300 valence electrons. The highest BCUT2D eigenvalue weighted by molar-refractivity contribution is 8.08. The van der Waals surface area contributed by atoms with Crippen LogP contribution >= 0.6 is 68.9 Å². The topological polar surface area (TPSA) is 74.6 Å². The number of unbranched alkanes of at least 4 members (excludes halogenated alkanes) is 14. The SMILES string of the molecule is CCCCCCCCCCC1=CC(C(=O)O)SC1=C1C=CC(c2ccc(-c3cccs3)s2)(c2sc(-c3ccc(C(=O)O)s3)cc2CCCCCCCCCC)S1. The number of carboxylic acids is 2. The fourth-order valence-corrected chi connectivity index (χ4v) is 14.9. The van der Waals surface area contributed by atoms with Gasteiger partial charge in [0.15, 0.2) is 0 Å². The molecule has 0 saturated carbocycles. The third-order valence-electron chi connectivity index (χ3n) is 10.6. The van der Waals surface area contributed by atoms with Gasteiger partial charge < -0.3 is 10.2 Å². The Balaban J connectivity index is 1.33. The number of thiophene rings is 4. The Kier molecular flexibility index (Phi) is 16.7. The number of hydrogen-bond donors (Lipinski definition) is 2. The fourth-order valence-electron chi connectivity index (χ4n) is 7.58. The zero-order valence-electron chi connectivity index (χ0n) is 32.8. The summed E-state index contributed by atoms with van der Waals surface area (Å²) in [7, 11) is 0. The molecule has 2 aliphatic heterocycles. The Bertz CT molecular complexity index is 1970. The quantitative estimate of drug-likeness (QED) is 0.0684. The van der Waals surface area contributed by atoms with Crippen LogP contribution in [-0.4, -0.2) is 27.4 Å². The number of carboxylic acid groups (broad SMARTS) is 2. The molecule has 2 atom stereocenters. The van der Waals surface area contributed by atoms with Crippen molar-refractivity contribution in [1.29, 1.82) is 0 Å². The highest BCUT2D eigenvalue weighted by Gasteiger charge is 2.43. The smallest absolute Gasteiger partial charge is 0.345 e. The van der Waals surface area contributed by atoms with E-state index in [1.807, 2.05) is 35.2 Å². The number of carbonyl (C=O) groups is 2. The second-order valence-corrected chi connectivity index (χ2v) is 21.6. The molecule has 0 spiro atoms. The molecule has 10 heteroatoms. The van der Waals surface area contributed by atoms with E-state index in [2.05, 4.69) is 61.7 Å². The van der Waals surface area contributed by atoms with E-state index >= 15 is 0 Å². The molecule has 0 radical (unpaired) electrons. The molecule has 4 aromatic rings. The molecule has 0 aromatic carbocycles. The number of allylic oxidation sites excluding steroid dienone is 2. The number of aromatic carboxylic acids is 1. The predicted octanol–water partition coefficient (Wildman–Crippen LogP) is 16.1. The molecule has 0 saturated heterocycles. The van der Waals surface area contributed by atoms with E-state index in [0.717, 1.165) is 45.2 Å². The van der Waals surface area contributed by atoms with E-state index in [9.17, 15) is 19.8 Å². The highest BCUT2D eigenvalue weighted by Crippen LogP contribution is 2.61. The lowest BCUT2D eigenvalue weighted by Crippen LogP contribution is -2.17. The van der Waals surface area contributed by atoms with Gasteiger partial charge in [-0.2, -0.15) is 0 Å². The van der Waals surface area contributed by atoms with Gasteiger partial charge in [0.05, 0.1) is 0 Å². The zero-order chi connectivity index (χ0) is 39.3. The van der Waals surface area contributed by atoms with Crippen molar-refractivity contribution in [3.63, 3.8) is 0 Å². The van der Waals surface area contributed by atoms with E-state index in [1.165, 1.54) is 144 Å². The Labute approximate surface area is 358 Å². The molecule has 0 fully saturated rings. The van der Waals surface area contributed by atoms with Crippen LogP contribution in [0.1, 0.15) is 148 Å². The minimum Gasteiger partial charge on any atom is -0.480 e. The van der Waals surface area contributed by atoms with Crippen molar-refractivity contribution in [3.05, 3.63) is 102 Å². The van der Waals surface area contributed by atoms with Gasteiger partial charge in [-0.15, -0.1) is 68.9 Å². The van der Waals surface area contributed by atoms with Gasteiger partial charge in [-0.3, -0.25) is 4.79 Å². The summed E-state index contributed by atoms with van der Waals surface area (Å²) in [6.07, 6.45) is 28.6. The lowest BCUT2D eigenvalue weighted by Gasteiger charge is -2.27. The van der Waals surface area contributed by atoms with Crippen molar-refractivity contribution in [1.82, 2.24) is 0 Å². The van der Waals surface area contributed by atoms with Crippen molar-refractivity contribution in [2.24, 2.45) is 0 Å². The number of aryl methyl sites for hydroxylation is 1. The predicted molar refractivity (Wildman–Crippen MR) is 247 cm³/mol. The van der Waals surface area contributed by atoms with Crippen molar-refractivity contribution in [3.8, 4) is 19.5 Å². The first-order valence-electron chi connectivity index (χ1n) is 20.7. The van der Waals surface area contributed by atoms with Crippen LogP contribution in [0.4, 0.5) is 0 Å². The molecule has 2 N–H and O–H groups in total. The van der Waals surface area contributed by atoms with Gasteiger partial charge in [-0.1, -0.05) is 122 Å². The van der Waals surface area contributed by atoms with Gasteiger partial charge in [0.1, 0.15) is 14.9 Å². The zero-order valence-corrected chi connectivity index (χ0v) is 37.7. The molecule has 0 amide bonds. The number of aliphatic carboxylic acids is 1. The Morgan fingerprint density at radius 2 is 1.34 bits per heavy atom. The summed E-state index contributed by atoms with van der Waals surface area (Å²) in [6, 6.07) is 14.9. The molecule has 2 unspecified atom stereocenters. The lowest BCUT2D eigenvalue weighted by atomic mass is 9.96. The van der Waals surface area contributed by atoms with Crippen LogP contribution in [0.15, 0.2) is 81.5 Å². The maximum absolute atomic E-state index is 12.4. The maximum Gasteiger partial charge on any atom is 0.345 e. The third kappa shape index (κ3) is 11.0. The summed E-state index contributed by atoms with van der Waals surface area (Å²) in [5.74, 6) is -1.66. The second kappa shape index (κ2) is 21.6. The van der Waals surface area contributed by atoms with Gasteiger partial charge in [0.2, 0.25) is 0 Å². The van der Waals surface area contributed by atoms with Crippen molar-refractivity contribution in [2.45, 2.75) is 139 Å². The van der Waals surface area contributed by atoms with Gasteiger partial charge in [0, 0.05) is 39.1 Å². The van der Waals surface area contributed by atoms with Crippen LogP contribution in [0.5, 0.6) is 0 Å². The first kappa shape index (κ1) is 43.2. The summed E-state index contributed by atoms with van der Waals surface area (Å²) in [4.78, 5) is 34.2. The number of hydrogen-bond acceptors (Lipinski definition) is 8. The minimum atomic E-state index is -0.886. The van der Waals surface area contributed by atoms with Crippen LogP contribution < -0.4 is 0 Å². The maximum atomic E-state index is 12.4. The number of thioether (sulfide) groups is 2. The summed E-state index contributed by atoms with van der Waals surface area (Å²) >= 11 is 10.2. The largest absolute Gasteiger partial charge is 0.480 e. The lowest BCUT2D eigenvalue weighted by molar-refractivity contribution is -0.135. The van der Waals surface area contributed by atoms with Gasteiger partial charge >= 0.3 is 11.9 Å². The highest BCUT2D eigenvalue weighted by atomic mass is 32.2. The molecule has 56 heavy (non-hydrogen) atoms. The third-order valence-corrected chi connectivity index (χ3v) is 18.6. The van der Waals surface area contributed by atoms with Gasteiger partial charge in [-0.05, 0) is 84.7 Å². The normalized spacial score (nSPS) is 19.3. The Morgan fingerprint density at radius 3 is 1.96 bits per heavy atom. The van der Waals surface area contributed by atoms with Crippen LogP contribution in [0, 0.1) is 0 Å². The van der Waals surface area contributed by atoms with Crippen LogP contribution in [0.25, 0.3) is 19.5 Å². The standard InChI is InChI=1S/C46H56O4S6/c1-3-5-7-9-11-13-15-17-20-32-30-40(45(49)50)54-42(32)37-27-28-46(56-37,41-26-25-35(53-41)34-22-19-29-51-34)43-33(21-18-16-14-12-10-8-6-4-2)31-39(55-43)36-23-24-38(52-36)44(47)48/h19,22-31,40H,3-18,20-21H2,1-2H3,(H,47,48)(H,49,50). The Morgan fingerprint density at radius 1 is 0.696 bits per heavy atom.